The summed E-state index contributed by atoms with van der Waals surface area (Å²) >= 11 is 12.4. The maximum Gasteiger partial charge on any atom is 0.264 e. The fourth-order valence-electron chi connectivity index (χ4n) is 3.19. The number of amides is 1. The standard InChI is InChI=1S/C20H22Cl2N2O3S/c1-15-10-12-23(13-11-15)19(25)14-24(18-9-5-8-17(21)20(18)22)28(26,27)16-6-3-2-4-7-16/h2-9,15H,10-14H2,1H3. The van der Waals surface area contributed by atoms with Crippen molar-refractivity contribution in [2.45, 2.75) is 24.7 Å². The molecule has 0 saturated carbocycles. The first-order valence-electron chi connectivity index (χ1n) is 9.10. The number of likely N-dealkylation sites (tertiary alicyclic amines) is 1. The average Bonchev–Trinajstić information content (AvgIpc) is 2.69. The van der Waals surface area contributed by atoms with Crippen LogP contribution in [0.2, 0.25) is 10.0 Å². The van der Waals surface area contributed by atoms with Gasteiger partial charge in [-0.3, -0.25) is 9.10 Å². The summed E-state index contributed by atoms with van der Waals surface area (Å²) in [4.78, 5) is 14.7. The van der Waals surface area contributed by atoms with Crippen molar-refractivity contribution in [1.82, 2.24) is 4.90 Å². The Kier molecular flexibility index (Phi) is 6.53. The Bertz CT molecular complexity index is 943. The van der Waals surface area contributed by atoms with E-state index in [2.05, 4.69) is 6.92 Å². The highest BCUT2D eigenvalue weighted by atomic mass is 35.5. The van der Waals surface area contributed by atoms with Gasteiger partial charge in [0.2, 0.25) is 5.91 Å². The second-order valence-corrected chi connectivity index (χ2v) is 9.61. The molecule has 8 heteroatoms. The lowest BCUT2D eigenvalue weighted by molar-refractivity contribution is -0.130. The fourth-order valence-corrected chi connectivity index (χ4v) is 5.08. The van der Waals surface area contributed by atoms with E-state index in [0.717, 1.165) is 17.1 Å². The number of rotatable bonds is 5. The summed E-state index contributed by atoms with van der Waals surface area (Å²) < 4.78 is 27.7. The zero-order chi connectivity index (χ0) is 20.3. The minimum atomic E-state index is -4.00. The molecule has 28 heavy (non-hydrogen) atoms. The molecule has 1 fully saturated rings. The molecule has 2 aromatic rings. The van der Waals surface area contributed by atoms with E-state index < -0.39 is 10.0 Å². The van der Waals surface area contributed by atoms with Crippen LogP contribution in [0.4, 0.5) is 5.69 Å². The third-order valence-electron chi connectivity index (χ3n) is 4.95. The molecule has 0 aliphatic carbocycles. The van der Waals surface area contributed by atoms with E-state index in [-0.39, 0.29) is 33.1 Å². The van der Waals surface area contributed by atoms with Gasteiger partial charge in [-0.25, -0.2) is 8.42 Å². The molecule has 2 aromatic carbocycles. The number of carbonyl (C=O) groups excluding carboxylic acids is 1. The van der Waals surface area contributed by atoms with Gasteiger partial charge in [-0.05, 0) is 43.0 Å². The molecule has 1 aliphatic rings. The number of hydrogen-bond donors (Lipinski definition) is 0. The maximum atomic E-state index is 13.3. The van der Waals surface area contributed by atoms with Gasteiger partial charge in [0.25, 0.3) is 10.0 Å². The quantitative estimate of drug-likeness (QED) is 0.689. The van der Waals surface area contributed by atoms with Crippen molar-refractivity contribution in [3.63, 3.8) is 0 Å². The van der Waals surface area contributed by atoms with Crippen molar-refractivity contribution >= 4 is 44.8 Å². The zero-order valence-corrected chi connectivity index (χ0v) is 17.8. The molecule has 0 bridgehead atoms. The Morgan fingerprint density at radius 1 is 1.07 bits per heavy atom. The number of carbonyl (C=O) groups is 1. The largest absolute Gasteiger partial charge is 0.341 e. The summed E-state index contributed by atoms with van der Waals surface area (Å²) in [7, 11) is -4.00. The first-order valence-corrected chi connectivity index (χ1v) is 11.3. The number of sulfonamides is 1. The van der Waals surface area contributed by atoms with Crippen molar-refractivity contribution in [3.05, 3.63) is 58.6 Å². The first-order chi connectivity index (χ1) is 13.3. The SMILES string of the molecule is CC1CCN(C(=O)CN(c2cccc(Cl)c2Cl)S(=O)(=O)c2ccccc2)CC1. The van der Waals surface area contributed by atoms with Crippen LogP contribution in [-0.2, 0) is 14.8 Å². The number of nitrogens with zero attached hydrogens (tertiary/aromatic N) is 2. The van der Waals surface area contributed by atoms with Crippen LogP contribution in [0.15, 0.2) is 53.4 Å². The molecule has 0 radical (unpaired) electrons. The monoisotopic (exact) mass is 440 g/mol. The van der Waals surface area contributed by atoms with Crippen LogP contribution in [0.5, 0.6) is 0 Å². The van der Waals surface area contributed by atoms with Gasteiger partial charge >= 0.3 is 0 Å². The van der Waals surface area contributed by atoms with Gasteiger partial charge in [-0.15, -0.1) is 0 Å². The molecule has 0 unspecified atom stereocenters. The molecule has 0 atom stereocenters. The number of anilines is 1. The van der Waals surface area contributed by atoms with Crippen LogP contribution in [0.1, 0.15) is 19.8 Å². The molecule has 3 rings (SSSR count). The summed E-state index contributed by atoms with van der Waals surface area (Å²) in [6.07, 6.45) is 1.82. The Labute approximate surface area is 175 Å². The topological polar surface area (TPSA) is 57.7 Å². The van der Waals surface area contributed by atoms with Gasteiger partial charge in [-0.2, -0.15) is 0 Å². The Balaban J connectivity index is 1.98. The van der Waals surface area contributed by atoms with Crippen molar-refractivity contribution in [1.29, 1.82) is 0 Å². The van der Waals surface area contributed by atoms with E-state index in [1.54, 1.807) is 41.3 Å². The molecule has 0 spiro atoms. The Morgan fingerprint density at radius 3 is 2.36 bits per heavy atom. The number of halogens is 2. The molecule has 0 aromatic heterocycles. The van der Waals surface area contributed by atoms with Gasteiger partial charge in [0.05, 0.1) is 20.6 Å². The van der Waals surface area contributed by atoms with Crippen LogP contribution in [0.3, 0.4) is 0 Å². The van der Waals surface area contributed by atoms with E-state index in [9.17, 15) is 13.2 Å². The summed E-state index contributed by atoms with van der Waals surface area (Å²) in [5, 5.41) is 0.329. The Morgan fingerprint density at radius 2 is 1.71 bits per heavy atom. The molecule has 5 nitrogen and oxygen atoms in total. The molecule has 0 N–H and O–H groups in total. The molecule has 1 saturated heterocycles. The number of benzene rings is 2. The van der Waals surface area contributed by atoms with Gasteiger partial charge < -0.3 is 4.90 Å². The third-order valence-corrected chi connectivity index (χ3v) is 7.53. The maximum absolute atomic E-state index is 13.3. The van der Waals surface area contributed by atoms with Crippen LogP contribution in [0, 0.1) is 5.92 Å². The normalized spacial score (nSPS) is 15.5. The summed E-state index contributed by atoms with van der Waals surface area (Å²) in [6, 6.07) is 12.7. The van der Waals surface area contributed by atoms with Crippen molar-refractivity contribution in [2.75, 3.05) is 23.9 Å². The fraction of sp³-hybridized carbons (Fsp3) is 0.350. The van der Waals surface area contributed by atoms with Crippen molar-refractivity contribution in [3.8, 4) is 0 Å². The highest BCUT2D eigenvalue weighted by Crippen LogP contribution is 2.35. The van der Waals surface area contributed by atoms with E-state index in [1.807, 2.05) is 0 Å². The van der Waals surface area contributed by atoms with E-state index >= 15 is 0 Å². The minimum Gasteiger partial charge on any atom is -0.341 e. The number of hydrogen-bond acceptors (Lipinski definition) is 3. The van der Waals surface area contributed by atoms with E-state index in [0.29, 0.717) is 19.0 Å². The zero-order valence-electron chi connectivity index (χ0n) is 15.5. The molecule has 150 valence electrons. The molecular weight excluding hydrogens is 419 g/mol. The highest BCUT2D eigenvalue weighted by molar-refractivity contribution is 7.92. The van der Waals surface area contributed by atoms with Crippen LogP contribution >= 0.6 is 23.2 Å². The smallest absolute Gasteiger partial charge is 0.264 e. The minimum absolute atomic E-state index is 0.0890. The second-order valence-electron chi connectivity index (χ2n) is 6.96. The molecule has 1 aliphatic heterocycles. The van der Waals surface area contributed by atoms with Crippen LogP contribution < -0.4 is 4.31 Å². The number of piperidine rings is 1. The van der Waals surface area contributed by atoms with Crippen molar-refractivity contribution in [2.24, 2.45) is 5.92 Å². The van der Waals surface area contributed by atoms with Crippen LogP contribution in [-0.4, -0.2) is 38.9 Å². The summed E-state index contributed by atoms with van der Waals surface area (Å²) in [5.41, 5.74) is 0.191. The van der Waals surface area contributed by atoms with E-state index in [4.69, 9.17) is 23.2 Å². The van der Waals surface area contributed by atoms with Crippen molar-refractivity contribution < 1.29 is 13.2 Å². The van der Waals surface area contributed by atoms with Gasteiger partial charge in [0, 0.05) is 13.1 Å². The second kappa shape index (κ2) is 8.72. The lowest BCUT2D eigenvalue weighted by Crippen LogP contribution is -2.45. The predicted octanol–water partition coefficient (Wildman–Crippen LogP) is 4.45. The third kappa shape index (κ3) is 4.45. The highest BCUT2D eigenvalue weighted by Gasteiger charge is 2.31. The molecule has 1 heterocycles. The lowest BCUT2D eigenvalue weighted by Gasteiger charge is -2.33. The summed E-state index contributed by atoms with van der Waals surface area (Å²) in [5.74, 6) is 0.318. The molecule has 1 amide bonds. The average molecular weight is 441 g/mol. The summed E-state index contributed by atoms with van der Waals surface area (Å²) in [6.45, 7) is 3.08. The van der Waals surface area contributed by atoms with Gasteiger partial charge in [0.15, 0.2) is 0 Å². The van der Waals surface area contributed by atoms with E-state index in [1.165, 1.54) is 12.1 Å². The lowest BCUT2D eigenvalue weighted by atomic mass is 9.99. The van der Waals surface area contributed by atoms with Gasteiger partial charge in [-0.1, -0.05) is 54.4 Å². The predicted molar refractivity (Wildman–Crippen MR) is 112 cm³/mol. The first kappa shape index (κ1) is 21.0. The molecular formula is C20H22Cl2N2O3S. The van der Waals surface area contributed by atoms with Crippen LogP contribution in [0.25, 0.3) is 0 Å². The van der Waals surface area contributed by atoms with Gasteiger partial charge in [0.1, 0.15) is 6.54 Å². The Hall–Kier alpha value is -1.76.